The minimum atomic E-state index is -0.988. The van der Waals surface area contributed by atoms with Crippen LogP contribution in [0.2, 0.25) is 0 Å². The Balaban J connectivity index is 1.22. The molecule has 0 saturated carbocycles. The lowest BCUT2D eigenvalue weighted by atomic mass is 9.86. The first-order chi connectivity index (χ1) is 20.1. The number of benzene rings is 1. The number of pyridine rings is 2. The van der Waals surface area contributed by atoms with Crippen LogP contribution in [0.4, 0.5) is 10.2 Å². The van der Waals surface area contributed by atoms with Crippen molar-refractivity contribution < 1.29 is 19.0 Å². The van der Waals surface area contributed by atoms with Crippen molar-refractivity contribution in [1.82, 2.24) is 19.5 Å². The van der Waals surface area contributed by atoms with E-state index in [1.54, 1.807) is 36.8 Å². The second-order valence-corrected chi connectivity index (χ2v) is 11.4. The van der Waals surface area contributed by atoms with Crippen LogP contribution in [0.15, 0.2) is 60.0 Å². The summed E-state index contributed by atoms with van der Waals surface area (Å²) in [4.78, 5) is 26.0. The van der Waals surface area contributed by atoms with Gasteiger partial charge in [-0.3, -0.25) is 9.79 Å². The molecule has 10 heteroatoms. The van der Waals surface area contributed by atoms with E-state index in [1.165, 1.54) is 12.1 Å². The van der Waals surface area contributed by atoms with Gasteiger partial charge >= 0.3 is 0 Å². The lowest BCUT2D eigenvalue weighted by Crippen LogP contribution is -2.70. The van der Waals surface area contributed by atoms with Gasteiger partial charge in [-0.1, -0.05) is 5.92 Å². The van der Waals surface area contributed by atoms with Crippen molar-refractivity contribution >= 4 is 24.0 Å². The first-order valence-electron chi connectivity index (χ1n) is 13.7. The third-order valence-corrected chi connectivity index (χ3v) is 7.72. The standard InChI is InChI=1S/C32H31FN6O3/c1-5-20-6-7-21(10-28(20)33)31(40)39-24-11-25(39)17-37(16-24)29-9-8-22(14-35-29)27-12-26(42-19-32(2,3)41)18-38-30(27)23(13-34-4)15-36-38/h1,6-10,12,14-15,18,24-25,41H,4,11,13,16-17,19H2,2-3H3. The molecule has 3 aliphatic heterocycles. The third-order valence-electron chi connectivity index (χ3n) is 7.72. The molecular weight excluding hydrogens is 535 g/mol. The lowest BCUT2D eigenvalue weighted by molar-refractivity contribution is 0.00572. The summed E-state index contributed by atoms with van der Waals surface area (Å²) in [5.41, 5.74) is 3.02. The summed E-state index contributed by atoms with van der Waals surface area (Å²) in [7, 11) is 0. The highest BCUT2D eigenvalue weighted by Gasteiger charge is 2.47. The topological polar surface area (TPSA) is 95.6 Å². The van der Waals surface area contributed by atoms with Gasteiger partial charge in [0.1, 0.15) is 24.0 Å². The molecule has 2 atom stereocenters. The van der Waals surface area contributed by atoms with Crippen LogP contribution in [0.1, 0.15) is 41.8 Å². The number of nitrogens with zero attached hydrogens (tertiary/aromatic N) is 6. The van der Waals surface area contributed by atoms with Crippen LogP contribution in [0.5, 0.6) is 5.75 Å². The number of ether oxygens (including phenoxy) is 1. The first kappa shape index (κ1) is 27.4. The van der Waals surface area contributed by atoms with E-state index in [0.717, 1.165) is 34.4 Å². The molecule has 4 aromatic rings. The van der Waals surface area contributed by atoms with Gasteiger partial charge in [0, 0.05) is 41.5 Å². The second-order valence-electron chi connectivity index (χ2n) is 11.4. The number of halogens is 1. The van der Waals surface area contributed by atoms with Crippen LogP contribution in [0.25, 0.3) is 16.6 Å². The number of piperazine rings is 1. The van der Waals surface area contributed by atoms with E-state index < -0.39 is 11.4 Å². The fraction of sp³-hybridized carbons (Fsp3) is 0.312. The summed E-state index contributed by atoms with van der Waals surface area (Å²) < 4.78 is 21.8. The molecule has 0 radical (unpaired) electrons. The SMILES string of the molecule is C#Cc1ccc(C(=O)N2C3CC2CN(c2ccc(-c4cc(OCC(C)(C)O)cn5ncc(CN=C)c45)cn2)C3)cc1F. The van der Waals surface area contributed by atoms with Gasteiger partial charge in [0.15, 0.2) is 0 Å². The molecule has 3 fully saturated rings. The number of amides is 1. The summed E-state index contributed by atoms with van der Waals surface area (Å²) in [5.74, 6) is 2.93. The molecule has 2 bridgehead atoms. The molecule has 3 saturated heterocycles. The van der Waals surface area contributed by atoms with Crippen molar-refractivity contribution in [2.45, 2.75) is 44.5 Å². The number of carbonyl (C=O) groups is 1. The molecule has 1 aromatic carbocycles. The molecule has 214 valence electrons. The Morgan fingerprint density at radius 1 is 1.24 bits per heavy atom. The number of piperidine rings is 1. The molecule has 1 N–H and O–H groups in total. The second kappa shape index (κ2) is 10.6. The fourth-order valence-corrected chi connectivity index (χ4v) is 5.73. The van der Waals surface area contributed by atoms with Crippen LogP contribution in [0, 0.1) is 18.2 Å². The minimum Gasteiger partial charge on any atom is -0.489 e. The summed E-state index contributed by atoms with van der Waals surface area (Å²) in [6, 6.07) is 10.2. The predicted octanol–water partition coefficient (Wildman–Crippen LogP) is 3.97. The van der Waals surface area contributed by atoms with Crippen molar-refractivity contribution in [3.05, 3.63) is 77.5 Å². The molecule has 0 spiro atoms. The summed E-state index contributed by atoms with van der Waals surface area (Å²) >= 11 is 0. The fourth-order valence-electron chi connectivity index (χ4n) is 5.73. The Bertz CT molecular complexity index is 1710. The van der Waals surface area contributed by atoms with E-state index in [2.05, 4.69) is 27.6 Å². The van der Waals surface area contributed by atoms with Crippen molar-refractivity contribution in [2.24, 2.45) is 4.99 Å². The average Bonchev–Trinajstić information content (AvgIpc) is 3.38. The quantitative estimate of drug-likeness (QED) is 0.256. The number of fused-ring (bicyclic) bond motifs is 3. The normalized spacial score (nSPS) is 18.0. The maximum atomic E-state index is 14.2. The maximum Gasteiger partial charge on any atom is 0.254 e. The van der Waals surface area contributed by atoms with Gasteiger partial charge in [-0.25, -0.2) is 13.9 Å². The third kappa shape index (κ3) is 5.08. The van der Waals surface area contributed by atoms with Crippen molar-refractivity contribution in [3.63, 3.8) is 0 Å². The Hall–Kier alpha value is -4.75. The smallest absolute Gasteiger partial charge is 0.254 e. The summed E-state index contributed by atoms with van der Waals surface area (Å²) in [5, 5.41) is 14.6. The van der Waals surface area contributed by atoms with Gasteiger partial charge in [-0.05, 0) is 63.4 Å². The van der Waals surface area contributed by atoms with Crippen LogP contribution in [0.3, 0.4) is 0 Å². The van der Waals surface area contributed by atoms with Crippen LogP contribution in [-0.2, 0) is 6.54 Å². The molecule has 3 aromatic heterocycles. The Morgan fingerprint density at radius 3 is 2.67 bits per heavy atom. The number of aliphatic imine (C=N–C) groups is 1. The number of hydrogen-bond donors (Lipinski definition) is 1. The predicted molar refractivity (Wildman–Crippen MR) is 158 cm³/mol. The van der Waals surface area contributed by atoms with Crippen molar-refractivity contribution in [3.8, 4) is 29.2 Å². The van der Waals surface area contributed by atoms with Crippen LogP contribution in [-0.4, -0.2) is 74.6 Å². The van der Waals surface area contributed by atoms with Crippen molar-refractivity contribution in [2.75, 3.05) is 24.6 Å². The minimum absolute atomic E-state index is 0.0260. The van der Waals surface area contributed by atoms with E-state index in [4.69, 9.17) is 16.1 Å². The van der Waals surface area contributed by atoms with Gasteiger partial charge in [0.2, 0.25) is 0 Å². The number of aliphatic hydroxyl groups is 1. The molecule has 42 heavy (non-hydrogen) atoms. The van der Waals surface area contributed by atoms with E-state index in [9.17, 15) is 14.3 Å². The zero-order valence-electron chi connectivity index (χ0n) is 23.5. The largest absolute Gasteiger partial charge is 0.489 e. The van der Waals surface area contributed by atoms with E-state index in [-0.39, 0.29) is 30.2 Å². The number of aromatic nitrogens is 3. The Labute approximate surface area is 243 Å². The van der Waals surface area contributed by atoms with Crippen LogP contribution >= 0.6 is 0 Å². The lowest BCUT2D eigenvalue weighted by Gasteiger charge is -2.56. The zero-order chi connectivity index (χ0) is 29.6. The summed E-state index contributed by atoms with van der Waals surface area (Å²) in [6.07, 6.45) is 11.6. The van der Waals surface area contributed by atoms with Gasteiger partial charge in [-0.15, -0.1) is 6.42 Å². The zero-order valence-corrected chi connectivity index (χ0v) is 23.5. The molecule has 0 aliphatic carbocycles. The van der Waals surface area contributed by atoms with E-state index in [1.807, 2.05) is 29.3 Å². The highest BCUT2D eigenvalue weighted by atomic mass is 19.1. The number of hydrogen-bond acceptors (Lipinski definition) is 7. The molecule has 7 rings (SSSR count). The first-order valence-corrected chi connectivity index (χ1v) is 13.7. The maximum absolute atomic E-state index is 14.2. The van der Waals surface area contributed by atoms with E-state index in [0.29, 0.717) is 30.9 Å². The molecular formula is C32H31FN6O3. The monoisotopic (exact) mass is 566 g/mol. The summed E-state index contributed by atoms with van der Waals surface area (Å²) in [6.45, 7) is 8.83. The Kier molecular flexibility index (Phi) is 6.91. The molecule has 6 heterocycles. The van der Waals surface area contributed by atoms with Gasteiger partial charge in [0.25, 0.3) is 5.91 Å². The van der Waals surface area contributed by atoms with Crippen molar-refractivity contribution in [1.29, 1.82) is 0 Å². The van der Waals surface area contributed by atoms with E-state index >= 15 is 0 Å². The molecule has 9 nitrogen and oxygen atoms in total. The highest BCUT2D eigenvalue weighted by molar-refractivity contribution is 5.95. The number of carbonyl (C=O) groups excluding carboxylic acids is 1. The molecule has 3 aliphatic rings. The number of rotatable bonds is 8. The van der Waals surface area contributed by atoms with Gasteiger partial charge in [-0.2, -0.15) is 5.10 Å². The van der Waals surface area contributed by atoms with Gasteiger partial charge in [0.05, 0.1) is 47.7 Å². The molecule has 1 amide bonds. The highest BCUT2D eigenvalue weighted by Crippen LogP contribution is 2.37. The number of terminal acetylenes is 1. The molecule has 2 unspecified atom stereocenters. The Morgan fingerprint density at radius 2 is 2.02 bits per heavy atom. The van der Waals surface area contributed by atoms with Crippen LogP contribution < -0.4 is 9.64 Å². The average molecular weight is 567 g/mol. The number of anilines is 1. The van der Waals surface area contributed by atoms with Gasteiger partial charge < -0.3 is 19.6 Å².